The van der Waals surface area contributed by atoms with Crippen molar-refractivity contribution in [2.75, 3.05) is 7.05 Å². The second-order valence-corrected chi connectivity index (χ2v) is 4.53. The van der Waals surface area contributed by atoms with Crippen LogP contribution in [-0.2, 0) is 0 Å². The zero-order chi connectivity index (χ0) is 11.5. The molecule has 0 bridgehead atoms. The number of halogens is 1. The van der Waals surface area contributed by atoms with Crippen molar-refractivity contribution >= 4 is 11.3 Å². The summed E-state index contributed by atoms with van der Waals surface area (Å²) < 4.78 is 13.5. The van der Waals surface area contributed by atoms with Crippen molar-refractivity contribution in [2.45, 2.75) is 13.0 Å². The Hall–Kier alpha value is -1.26. The minimum Gasteiger partial charge on any atom is -0.307 e. The molecule has 1 unspecified atom stereocenters. The third-order valence-electron chi connectivity index (χ3n) is 2.52. The first kappa shape index (κ1) is 11.2. The van der Waals surface area contributed by atoms with Crippen molar-refractivity contribution in [3.05, 3.63) is 51.7 Å². The van der Waals surface area contributed by atoms with E-state index in [9.17, 15) is 4.39 Å². The molecule has 1 heterocycles. The molecule has 0 aliphatic rings. The van der Waals surface area contributed by atoms with E-state index >= 15 is 0 Å². The second kappa shape index (κ2) is 4.72. The molecule has 0 amide bonds. The lowest BCUT2D eigenvalue weighted by atomic mass is 10.1. The molecule has 0 saturated heterocycles. The molecule has 2 rings (SSSR count). The molecule has 2 nitrogen and oxygen atoms in total. The number of thiazole rings is 1. The Morgan fingerprint density at radius 1 is 1.44 bits per heavy atom. The summed E-state index contributed by atoms with van der Waals surface area (Å²) in [5, 5.41) is 6.02. The monoisotopic (exact) mass is 236 g/mol. The average Bonchev–Trinajstić information content (AvgIpc) is 2.78. The van der Waals surface area contributed by atoms with Crippen LogP contribution >= 0.6 is 11.3 Å². The Balaban J connectivity index is 2.37. The molecule has 0 saturated carbocycles. The highest BCUT2D eigenvalue weighted by atomic mass is 32.1. The van der Waals surface area contributed by atoms with E-state index in [1.54, 1.807) is 36.6 Å². The van der Waals surface area contributed by atoms with E-state index in [1.165, 1.54) is 0 Å². The van der Waals surface area contributed by atoms with Gasteiger partial charge in [-0.05, 0) is 31.2 Å². The standard InChI is InChI=1S/C12H13FN2S/c1-8-3-4-9(7-10(8)13)11(14-2)12-15-5-6-16-12/h3-7,11,14H,1-2H3. The summed E-state index contributed by atoms with van der Waals surface area (Å²) in [6.45, 7) is 1.76. The molecule has 84 valence electrons. The maximum atomic E-state index is 13.5. The average molecular weight is 236 g/mol. The Kier molecular flexibility index (Phi) is 3.31. The van der Waals surface area contributed by atoms with E-state index < -0.39 is 0 Å². The predicted octanol–water partition coefficient (Wildman–Crippen LogP) is 2.90. The highest BCUT2D eigenvalue weighted by Crippen LogP contribution is 2.24. The number of hydrogen-bond donors (Lipinski definition) is 1. The molecule has 2 aromatic rings. The van der Waals surface area contributed by atoms with Gasteiger partial charge in [-0.2, -0.15) is 0 Å². The number of nitrogens with one attached hydrogen (secondary N) is 1. The second-order valence-electron chi connectivity index (χ2n) is 3.60. The molecule has 16 heavy (non-hydrogen) atoms. The van der Waals surface area contributed by atoms with Crippen molar-refractivity contribution in [3.63, 3.8) is 0 Å². The van der Waals surface area contributed by atoms with E-state index in [0.29, 0.717) is 5.56 Å². The van der Waals surface area contributed by atoms with Gasteiger partial charge in [0.2, 0.25) is 0 Å². The Bertz CT molecular complexity index is 468. The van der Waals surface area contributed by atoms with Gasteiger partial charge in [-0.25, -0.2) is 9.37 Å². The minimum atomic E-state index is -0.172. The number of hydrogen-bond acceptors (Lipinski definition) is 3. The van der Waals surface area contributed by atoms with Crippen LogP contribution in [-0.4, -0.2) is 12.0 Å². The molecule has 1 aromatic heterocycles. The van der Waals surface area contributed by atoms with Crippen LogP contribution < -0.4 is 5.32 Å². The van der Waals surface area contributed by atoms with Crippen molar-refractivity contribution < 1.29 is 4.39 Å². The number of aryl methyl sites for hydroxylation is 1. The summed E-state index contributed by atoms with van der Waals surface area (Å²) in [5.41, 5.74) is 1.57. The molecular formula is C12H13FN2S. The van der Waals surface area contributed by atoms with Crippen LogP contribution in [0.5, 0.6) is 0 Å². The lowest BCUT2D eigenvalue weighted by molar-refractivity contribution is 0.608. The summed E-state index contributed by atoms with van der Waals surface area (Å²) >= 11 is 1.56. The van der Waals surface area contributed by atoms with Crippen LogP contribution in [0.25, 0.3) is 0 Å². The Morgan fingerprint density at radius 2 is 2.25 bits per heavy atom. The van der Waals surface area contributed by atoms with Crippen LogP contribution in [0.2, 0.25) is 0 Å². The van der Waals surface area contributed by atoms with Crippen LogP contribution in [0, 0.1) is 12.7 Å². The van der Waals surface area contributed by atoms with Crippen LogP contribution in [0.4, 0.5) is 4.39 Å². The van der Waals surface area contributed by atoms with Gasteiger partial charge >= 0.3 is 0 Å². The molecule has 0 fully saturated rings. The molecule has 1 atom stereocenters. The molecule has 1 aromatic carbocycles. The topological polar surface area (TPSA) is 24.9 Å². The minimum absolute atomic E-state index is 0.0323. The maximum absolute atomic E-state index is 13.5. The normalized spacial score (nSPS) is 12.7. The summed E-state index contributed by atoms with van der Waals surface area (Å²) in [6, 6.07) is 5.26. The van der Waals surface area contributed by atoms with Gasteiger partial charge in [0.1, 0.15) is 10.8 Å². The predicted molar refractivity (Wildman–Crippen MR) is 64.2 cm³/mol. The summed E-state index contributed by atoms with van der Waals surface area (Å²) in [4.78, 5) is 4.25. The largest absolute Gasteiger partial charge is 0.307 e. The van der Waals surface area contributed by atoms with Crippen LogP contribution in [0.1, 0.15) is 22.2 Å². The van der Waals surface area contributed by atoms with Gasteiger partial charge in [-0.3, -0.25) is 0 Å². The molecule has 1 N–H and O–H groups in total. The smallest absolute Gasteiger partial charge is 0.126 e. The van der Waals surface area contributed by atoms with Crippen LogP contribution in [0.3, 0.4) is 0 Å². The first-order chi connectivity index (χ1) is 7.72. The van der Waals surface area contributed by atoms with Gasteiger partial charge in [0.15, 0.2) is 0 Å². The maximum Gasteiger partial charge on any atom is 0.126 e. The van der Waals surface area contributed by atoms with E-state index in [4.69, 9.17) is 0 Å². The van der Waals surface area contributed by atoms with Gasteiger partial charge in [0.25, 0.3) is 0 Å². The molecule has 0 spiro atoms. The van der Waals surface area contributed by atoms with Crippen molar-refractivity contribution in [1.82, 2.24) is 10.3 Å². The van der Waals surface area contributed by atoms with Crippen molar-refractivity contribution in [3.8, 4) is 0 Å². The summed E-state index contributed by atoms with van der Waals surface area (Å²) in [5.74, 6) is -0.172. The SMILES string of the molecule is CNC(c1ccc(C)c(F)c1)c1nccs1. The van der Waals surface area contributed by atoms with Crippen molar-refractivity contribution in [2.24, 2.45) is 0 Å². The Morgan fingerprint density at radius 3 is 2.81 bits per heavy atom. The van der Waals surface area contributed by atoms with Gasteiger partial charge in [-0.15, -0.1) is 11.3 Å². The summed E-state index contributed by atoms with van der Waals surface area (Å²) in [6.07, 6.45) is 1.76. The lowest BCUT2D eigenvalue weighted by Crippen LogP contribution is -2.17. The van der Waals surface area contributed by atoms with E-state index in [1.807, 2.05) is 18.5 Å². The first-order valence-corrected chi connectivity index (χ1v) is 5.93. The lowest BCUT2D eigenvalue weighted by Gasteiger charge is -2.14. The molecule has 4 heteroatoms. The zero-order valence-corrected chi connectivity index (χ0v) is 10.0. The van der Waals surface area contributed by atoms with Gasteiger partial charge in [0.05, 0.1) is 6.04 Å². The number of aromatic nitrogens is 1. The van der Waals surface area contributed by atoms with Gasteiger partial charge in [0, 0.05) is 11.6 Å². The van der Waals surface area contributed by atoms with Gasteiger partial charge in [-0.1, -0.05) is 12.1 Å². The fraction of sp³-hybridized carbons (Fsp3) is 0.250. The van der Waals surface area contributed by atoms with Crippen LogP contribution in [0.15, 0.2) is 29.8 Å². The number of rotatable bonds is 3. The quantitative estimate of drug-likeness (QED) is 0.886. The molecule has 0 radical (unpaired) electrons. The third-order valence-corrected chi connectivity index (χ3v) is 3.36. The fourth-order valence-corrected chi connectivity index (χ4v) is 2.37. The van der Waals surface area contributed by atoms with E-state index in [0.717, 1.165) is 10.6 Å². The van der Waals surface area contributed by atoms with E-state index in [-0.39, 0.29) is 11.9 Å². The molecular weight excluding hydrogens is 223 g/mol. The fourth-order valence-electron chi connectivity index (χ4n) is 1.60. The third kappa shape index (κ3) is 2.13. The van der Waals surface area contributed by atoms with Crippen molar-refractivity contribution in [1.29, 1.82) is 0 Å². The van der Waals surface area contributed by atoms with Gasteiger partial charge < -0.3 is 5.32 Å². The van der Waals surface area contributed by atoms with E-state index in [2.05, 4.69) is 10.3 Å². The molecule has 0 aliphatic carbocycles. The number of nitrogens with zero attached hydrogens (tertiary/aromatic N) is 1. The number of benzene rings is 1. The first-order valence-electron chi connectivity index (χ1n) is 5.05. The molecule has 0 aliphatic heterocycles. The summed E-state index contributed by atoms with van der Waals surface area (Å²) in [7, 11) is 1.85. The highest BCUT2D eigenvalue weighted by Gasteiger charge is 2.15. The highest BCUT2D eigenvalue weighted by molar-refractivity contribution is 7.09. The zero-order valence-electron chi connectivity index (χ0n) is 9.20. The Labute approximate surface area is 98.2 Å².